The van der Waals surface area contributed by atoms with Gasteiger partial charge >= 0.3 is 0 Å². The summed E-state index contributed by atoms with van der Waals surface area (Å²) in [6, 6.07) is 15.5. The van der Waals surface area contributed by atoms with Crippen LogP contribution in [0.5, 0.6) is 11.5 Å². The van der Waals surface area contributed by atoms with Crippen LogP contribution in [0.2, 0.25) is 0 Å². The maximum Gasteiger partial charge on any atom is 0.255 e. The molecule has 6 nitrogen and oxygen atoms in total. The van der Waals surface area contributed by atoms with Crippen LogP contribution < -0.4 is 14.8 Å². The van der Waals surface area contributed by atoms with Gasteiger partial charge in [-0.1, -0.05) is 24.3 Å². The maximum absolute atomic E-state index is 12.9. The number of rotatable bonds is 8. The fourth-order valence-electron chi connectivity index (χ4n) is 3.27. The molecule has 0 aliphatic carbocycles. The van der Waals surface area contributed by atoms with Crippen molar-refractivity contribution in [3.8, 4) is 17.2 Å². The Hall–Kier alpha value is -3.28. The van der Waals surface area contributed by atoms with E-state index in [0.29, 0.717) is 42.5 Å². The van der Waals surface area contributed by atoms with Crippen LogP contribution in [0, 0.1) is 13.8 Å². The van der Waals surface area contributed by atoms with Gasteiger partial charge in [-0.3, -0.25) is 4.79 Å². The predicted molar refractivity (Wildman–Crippen MR) is 113 cm³/mol. The molecule has 0 aliphatic rings. The van der Waals surface area contributed by atoms with Crippen LogP contribution in [-0.2, 0) is 6.54 Å². The second kappa shape index (κ2) is 9.28. The zero-order valence-electron chi connectivity index (χ0n) is 17.4. The minimum atomic E-state index is -0.144. The molecule has 0 saturated heterocycles. The lowest BCUT2D eigenvalue weighted by atomic mass is 10.1. The summed E-state index contributed by atoms with van der Waals surface area (Å²) in [5, 5.41) is 7.54. The first kappa shape index (κ1) is 20.5. The Labute approximate surface area is 171 Å². The number of nitrogens with zero attached hydrogens (tertiary/aromatic N) is 2. The molecule has 0 aliphatic heterocycles. The smallest absolute Gasteiger partial charge is 0.255 e. The van der Waals surface area contributed by atoms with Gasteiger partial charge in [0.2, 0.25) is 0 Å². The van der Waals surface area contributed by atoms with Crippen LogP contribution in [0.4, 0.5) is 0 Å². The molecule has 3 aromatic rings. The van der Waals surface area contributed by atoms with Crippen molar-refractivity contribution in [1.82, 2.24) is 15.1 Å². The Balaban J connectivity index is 1.76. The van der Waals surface area contributed by atoms with Crippen molar-refractivity contribution >= 4 is 5.91 Å². The van der Waals surface area contributed by atoms with E-state index in [1.807, 2.05) is 76.2 Å². The number of hydrogen-bond donors (Lipinski definition) is 1. The number of para-hydroxylation sites is 1. The first-order chi connectivity index (χ1) is 14.0. The predicted octanol–water partition coefficient (Wildman–Crippen LogP) is 4.22. The molecule has 0 fully saturated rings. The van der Waals surface area contributed by atoms with E-state index in [9.17, 15) is 4.79 Å². The first-order valence-corrected chi connectivity index (χ1v) is 9.83. The Bertz CT molecular complexity index is 981. The molecule has 1 aromatic heterocycles. The van der Waals surface area contributed by atoms with Crippen LogP contribution >= 0.6 is 0 Å². The first-order valence-electron chi connectivity index (χ1n) is 9.83. The van der Waals surface area contributed by atoms with Gasteiger partial charge in [0, 0.05) is 6.54 Å². The summed E-state index contributed by atoms with van der Waals surface area (Å²) < 4.78 is 13.1. The summed E-state index contributed by atoms with van der Waals surface area (Å²) in [5.41, 5.74) is 3.99. The molecule has 0 bridgehead atoms. The van der Waals surface area contributed by atoms with E-state index in [1.165, 1.54) is 0 Å². The maximum atomic E-state index is 12.9. The molecule has 0 atom stereocenters. The number of aromatic nitrogens is 2. The van der Waals surface area contributed by atoms with Crippen LogP contribution in [-0.4, -0.2) is 28.9 Å². The van der Waals surface area contributed by atoms with E-state index in [-0.39, 0.29) is 5.91 Å². The Morgan fingerprint density at radius 1 is 1.00 bits per heavy atom. The highest BCUT2D eigenvalue weighted by Gasteiger charge is 2.19. The number of benzene rings is 2. The number of nitrogens with one attached hydrogen (secondary N) is 1. The second-order valence-corrected chi connectivity index (χ2v) is 6.62. The van der Waals surface area contributed by atoms with Crippen LogP contribution in [0.3, 0.4) is 0 Å². The zero-order chi connectivity index (χ0) is 20.8. The number of amides is 1. The lowest BCUT2D eigenvalue weighted by molar-refractivity contribution is 0.0949. The molecule has 1 heterocycles. The topological polar surface area (TPSA) is 65.4 Å². The standard InChI is InChI=1S/C23H27N3O3/c1-5-28-20-13-12-18(14-21(20)29-6-2)15-24-23(27)22-16(3)25-26(17(22)4)19-10-8-7-9-11-19/h7-14H,5-6,15H2,1-4H3,(H,24,27). The lowest BCUT2D eigenvalue weighted by Gasteiger charge is -2.13. The third-order valence-corrected chi connectivity index (χ3v) is 4.58. The van der Waals surface area contributed by atoms with Gasteiger partial charge in [0.1, 0.15) is 0 Å². The minimum absolute atomic E-state index is 0.144. The highest BCUT2D eigenvalue weighted by atomic mass is 16.5. The summed E-state index contributed by atoms with van der Waals surface area (Å²) in [6.45, 7) is 9.13. The Kier molecular flexibility index (Phi) is 6.54. The normalized spacial score (nSPS) is 10.6. The van der Waals surface area contributed by atoms with Crippen molar-refractivity contribution in [3.63, 3.8) is 0 Å². The van der Waals surface area contributed by atoms with Gasteiger partial charge in [0.05, 0.1) is 35.9 Å². The molecule has 0 saturated carbocycles. The number of hydrogen-bond acceptors (Lipinski definition) is 4. The van der Waals surface area contributed by atoms with Gasteiger partial charge in [-0.2, -0.15) is 5.10 Å². The van der Waals surface area contributed by atoms with Crippen molar-refractivity contribution in [3.05, 3.63) is 71.0 Å². The van der Waals surface area contributed by atoms with Crippen molar-refractivity contribution < 1.29 is 14.3 Å². The van der Waals surface area contributed by atoms with Gasteiger partial charge in [0.15, 0.2) is 11.5 Å². The average molecular weight is 393 g/mol. The van der Waals surface area contributed by atoms with Crippen molar-refractivity contribution in [2.45, 2.75) is 34.2 Å². The molecule has 1 N–H and O–H groups in total. The number of ether oxygens (including phenoxy) is 2. The molecular weight excluding hydrogens is 366 g/mol. The second-order valence-electron chi connectivity index (χ2n) is 6.62. The molecule has 152 valence electrons. The van der Waals surface area contributed by atoms with Gasteiger partial charge in [-0.25, -0.2) is 4.68 Å². The molecule has 1 amide bonds. The fraction of sp³-hybridized carbons (Fsp3) is 0.304. The Morgan fingerprint density at radius 3 is 2.38 bits per heavy atom. The lowest BCUT2D eigenvalue weighted by Crippen LogP contribution is -2.24. The summed E-state index contributed by atoms with van der Waals surface area (Å²) >= 11 is 0. The molecule has 6 heteroatoms. The number of carbonyl (C=O) groups excluding carboxylic acids is 1. The van der Waals surface area contributed by atoms with E-state index >= 15 is 0 Å². The van der Waals surface area contributed by atoms with E-state index < -0.39 is 0 Å². The van der Waals surface area contributed by atoms with Crippen LogP contribution in [0.25, 0.3) is 5.69 Å². The SMILES string of the molecule is CCOc1ccc(CNC(=O)c2c(C)nn(-c3ccccc3)c2C)cc1OCC. The fourth-order valence-corrected chi connectivity index (χ4v) is 3.27. The molecule has 3 rings (SSSR count). The van der Waals surface area contributed by atoms with Gasteiger partial charge in [-0.05, 0) is 57.5 Å². The van der Waals surface area contributed by atoms with E-state index in [1.54, 1.807) is 4.68 Å². The highest BCUT2D eigenvalue weighted by molar-refractivity contribution is 5.96. The average Bonchev–Trinajstić information content (AvgIpc) is 3.03. The quantitative estimate of drug-likeness (QED) is 0.622. The van der Waals surface area contributed by atoms with E-state index in [0.717, 1.165) is 16.9 Å². The molecule has 0 spiro atoms. The third kappa shape index (κ3) is 4.59. The summed E-state index contributed by atoms with van der Waals surface area (Å²) in [4.78, 5) is 12.9. The number of aryl methyl sites for hydroxylation is 1. The largest absolute Gasteiger partial charge is 0.490 e. The molecular formula is C23H27N3O3. The Morgan fingerprint density at radius 2 is 1.69 bits per heavy atom. The minimum Gasteiger partial charge on any atom is -0.490 e. The van der Waals surface area contributed by atoms with Crippen molar-refractivity contribution in [2.24, 2.45) is 0 Å². The van der Waals surface area contributed by atoms with Gasteiger partial charge < -0.3 is 14.8 Å². The van der Waals surface area contributed by atoms with Gasteiger partial charge in [-0.15, -0.1) is 0 Å². The highest BCUT2D eigenvalue weighted by Crippen LogP contribution is 2.28. The van der Waals surface area contributed by atoms with Crippen LogP contribution in [0.1, 0.15) is 41.2 Å². The summed E-state index contributed by atoms with van der Waals surface area (Å²) in [7, 11) is 0. The number of carbonyl (C=O) groups is 1. The van der Waals surface area contributed by atoms with E-state index in [2.05, 4.69) is 10.4 Å². The van der Waals surface area contributed by atoms with Crippen molar-refractivity contribution in [1.29, 1.82) is 0 Å². The summed E-state index contributed by atoms with van der Waals surface area (Å²) in [5.74, 6) is 1.25. The summed E-state index contributed by atoms with van der Waals surface area (Å²) in [6.07, 6.45) is 0. The monoisotopic (exact) mass is 393 g/mol. The van der Waals surface area contributed by atoms with Gasteiger partial charge in [0.25, 0.3) is 5.91 Å². The van der Waals surface area contributed by atoms with Crippen molar-refractivity contribution in [2.75, 3.05) is 13.2 Å². The van der Waals surface area contributed by atoms with Crippen LogP contribution in [0.15, 0.2) is 48.5 Å². The van der Waals surface area contributed by atoms with E-state index in [4.69, 9.17) is 9.47 Å². The zero-order valence-corrected chi connectivity index (χ0v) is 17.4. The molecule has 2 aromatic carbocycles. The molecule has 29 heavy (non-hydrogen) atoms. The molecule has 0 unspecified atom stereocenters. The third-order valence-electron chi connectivity index (χ3n) is 4.58. The molecule has 0 radical (unpaired) electrons.